The SMILES string of the molecule is CNC(=O)O/N=C(/SC)C(F)(F)F. The molecular weight excluding hydrogens is 209 g/mol. The van der Waals surface area contributed by atoms with Gasteiger partial charge < -0.3 is 5.32 Å². The summed E-state index contributed by atoms with van der Waals surface area (Å²) in [5, 5.41) is 3.37. The molecule has 0 atom stereocenters. The highest BCUT2D eigenvalue weighted by Gasteiger charge is 2.36. The van der Waals surface area contributed by atoms with Gasteiger partial charge in [0.25, 0.3) is 0 Å². The molecule has 1 N–H and O–H groups in total. The molecule has 0 saturated carbocycles. The Labute approximate surface area is 76.5 Å². The lowest BCUT2D eigenvalue weighted by atomic mass is 10.7. The third kappa shape index (κ3) is 4.61. The van der Waals surface area contributed by atoms with Crippen molar-refractivity contribution in [2.75, 3.05) is 13.3 Å². The van der Waals surface area contributed by atoms with Crippen LogP contribution in [0.15, 0.2) is 5.16 Å². The zero-order valence-electron chi connectivity index (χ0n) is 6.81. The van der Waals surface area contributed by atoms with E-state index in [1.165, 1.54) is 13.3 Å². The summed E-state index contributed by atoms with van der Waals surface area (Å²) in [5.41, 5.74) is 0. The number of nitrogens with one attached hydrogen (secondary N) is 1. The lowest BCUT2D eigenvalue weighted by Crippen LogP contribution is -2.22. The van der Waals surface area contributed by atoms with Crippen molar-refractivity contribution in [2.45, 2.75) is 6.18 Å². The molecule has 0 radical (unpaired) electrons. The van der Waals surface area contributed by atoms with Gasteiger partial charge in [0, 0.05) is 7.05 Å². The van der Waals surface area contributed by atoms with E-state index in [9.17, 15) is 18.0 Å². The summed E-state index contributed by atoms with van der Waals surface area (Å²) < 4.78 is 35.7. The van der Waals surface area contributed by atoms with Crippen LogP contribution in [-0.4, -0.2) is 30.6 Å². The minimum absolute atomic E-state index is 0.349. The maximum Gasteiger partial charge on any atom is 0.442 e. The quantitative estimate of drug-likeness (QED) is 0.313. The van der Waals surface area contributed by atoms with Gasteiger partial charge in [0.2, 0.25) is 5.04 Å². The Bertz CT molecular complexity index is 216. The molecule has 0 rings (SSSR count). The molecule has 0 aliphatic rings. The van der Waals surface area contributed by atoms with Gasteiger partial charge in [-0.05, 0) is 6.26 Å². The van der Waals surface area contributed by atoms with E-state index in [1.807, 2.05) is 5.32 Å². The van der Waals surface area contributed by atoms with Gasteiger partial charge >= 0.3 is 12.3 Å². The van der Waals surface area contributed by atoms with Crippen molar-refractivity contribution in [1.82, 2.24) is 5.32 Å². The lowest BCUT2D eigenvalue weighted by Gasteiger charge is -2.05. The summed E-state index contributed by atoms with van der Waals surface area (Å²) in [4.78, 5) is 14.2. The second-order valence-corrected chi connectivity index (χ2v) is 2.52. The fourth-order valence-corrected chi connectivity index (χ4v) is 0.677. The minimum atomic E-state index is -4.59. The number of oxime groups is 1. The smallest absolute Gasteiger partial charge is 0.323 e. The number of carbonyl (C=O) groups excluding carboxylic acids is 1. The van der Waals surface area contributed by atoms with E-state index in [2.05, 4.69) is 9.99 Å². The number of carbonyl (C=O) groups is 1. The molecule has 0 aromatic carbocycles. The van der Waals surface area contributed by atoms with Crippen LogP contribution >= 0.6 is 11.8 Å². The molecule has 0 aromatic rings. The fourth-order valence-electron chi connectivity index (χ4n) is 0.333. The molecule has 0 saturated heterocycles. The molecule has 8 heteroatoms. The highest BCUT2D eigenvalue weighted by Crippen LogP contribution is 2.23. The molecule has 1 amide bonds. The van der Waals surface area contributed by atoms with Crippen LogP contribution in [-0.2, 0) is 4.84 Å². The third-order valence-electron chi connectivity index (χ3n) is 0.851. The number of hydrogen-bond donors (Lipinski definition) is 1. The first-order valence-corrected chi connectivity index (χ1v) is 4.22. The normalized spacial score (nSPS) is 12.5. The van der Waals surface area contributed by atoms with Gasteiger partial charge in [0.05, 0.1) is 0 Å². The fraction of sp³-hybridized carbons (Fsp3) is 0.600. The number of hydrogen-bond acceptors (Lipinski definition) is 4. The summed E-state index contributed by atoms with van der Waals surface area (Å²) in [6, 6.07) is 0. The van der Waals surface area contributed by atoms with Crippen molar-refractivity contribution in [3.05, 3.63) is 0 Å². The van der Waals surface area contributed by atoms with Gasteiger partial charge in [-0.3, -0.25) is 4.84 Å². The van der Waals surface area contributed by atoms with Crippen LogP contribution in [0.4, 0.5) is 18.0 Å². The molecule has 0 fully saturated rings. The molecule has 0 spiro atoms. The van der Waals surface area contributed by atoms with E-state index in [0.29, 0.717) is 11.8 Å². The Hall–Kier alpha value is -0.920. The second-order valence-electron chi connectivity index (χ2n) is 1.73. The molecule has 0 aliphatic carbocycles. The largest absolute Gasteiger partial charge is 0.442 e. The summed E-state index contributed by atoms with van der Waals surface area (Å²) in [6.07, 6.45) is -4.46. The van der Waals surface area contributed by atoms with Crippen molar-refractivity contribution in [2.24, 2.45) is 5.16 Å². The molecule has 0 aliphatic heterocycles. The number of halogens is 3. The van der Waals surface area contributed by atoms with Crippen LogP contribution in [0.2, 0.25) is 0 Å². The Balaban J connectivity index is 4.33. The molecule has 0 unspecified atom stereocenters. The van der Waals surface area contributed by atoms with Crippen LogP contribution in [0.3, 0.4) is 0 Å². The maximum absolute atomic E-state index is 11.9. The molecule has 0 aromatic heterocycles. The zero-order valence-corrected chi connectivity index (χ0v) is 7.62. The summed E-state index contributed by atoms with van der Waals surface area (Å²) in [6.45, 7) is 0. The van der Waals surface area contributed by atoms with E-state index in [0.717, 1.165) is 0 Å². The summed E-state index contributed by atoms with van der Waals surface area (Å²) in [5.74, 6) is 0. The number of thioether (sulfide) groups is 1. The van der Waals surface area contributed by atoms with Gasteiger partial charge in [-0.2, -0.15) is 13.2 Å². The van der Waals surface area contributed by atoms with Crippen LogP contribution in [0, 0.1) is 0 Å². The van der Waals surface area contributed by atoms with E-state index >= 15 is 0 Å². The maximum atomic E-state index is 11.9. The third-order valence-corrected chi connectivity index (χ3v) is 1.54. The molecule has 4 nitrogen and oxygen atoms in total. The molecule has 0 bridgehead atoms. The summed E-state index contributed by atoms with van der Waals surface area (Å²) >= 11 is 0.349. The van der Waals surface area contributed by atoms with E-state index < -0.39 is 17.3 Å². The highest BCUT2D eigenvalue weighted by atomic mass is 32.2. The minimum Gasteiger partial charge on any atom is -0.323 e. The predicted molar refractivity (Wildman–Crippen MR) is 42.5 cm³/mol. The van der Waals surface area contributed by atoms with Crippen LogP contribution in [0.25, 0.3) is 0 Å². The highest BCUT2D eigenvalue weighted by molar-refractivity contribution is 8.13. The van der Waals surface area contributed by atoms with Crippen molar-refractivity contribution in [1.29, 1.82) is 0 Å². The van der Waals surface area contributed by atoms with Gasteiger partial charge in [-0.15, -0.1) is 11.8 Å². The van der Waals surface area contributed by atoms with Crippen molar-refractivity contribution in [3.8, 4) is 0 Å². The Kier molecular flexibility index (Phi) is 4.60. The first-order valence-electron chi connectivity index (χ1n) is 2.99. The number of nitrogens with zero attached hydrogens (tertiary/aromatic N) is 1. The number of rotatable bonds is 1. The van der Waals surface area contributed by atoms with Gasteiger partial charge in [0.1, 0.15) is 0 Å². The van der Waals surface area contributed by atoms with Crippen molar-refractivity contribution >= 4 is 22.9 Å². The Morgan fingerprint density at radius 3 is 2.38 bits per heavy atom. The van der Waals surface area contributed by atoms with Crippen molar-refractivity contribution in [3.63, 3.8) is 0 Å². The van der Waals surface area contributed by atoms with Crippen LogP contribution in [0.5, 0.6) is 0 Å². The van der Waals surface area contributed by atoms with E-state index in [1.54, 1.807) is 0 Å². The monoisotopic (exact) mass is 216 g/mol. The average molecular weight is 216 g/mol. The van der Waals surface area contributed by atoms with Gasteiger partial charge in [-0.25, -0.2) is 4.79 Å². The number of alkyl halides is 3. The predicted octanol–water partition coefficient (Wildman–Crippen LogP) is 1.58. The first-order chi connectivity index (χ1) is 5.91. The van der Waals surface area contributed by atoms with Gasteiger partial charge in [0.15, 0.2) is 0 Å². The second kappa shape index (κ2) is 4.95. The average Bonchev–Trinajstić information content (AvgIpc) is 2.02. The zero-order chi connectivity index (χ0) is 10.5. The van der Waals surface area contributed by atoms with Crippen LogP contribution < -0.4 is 5.32 Å². The number of amides is 1. The van der Waals surface area contributed by atoms with Crippen LogP contribution in [0.1, 0.15) is 0 Å². The summed E-state index contributed by atoms with van der Waals surface area (Å²) in [7, 11) is 1.21. The molecule has 0 heterocycles. The van der Waals surface area contributed by atoms with E-state index in [-0.39, 0.29) is 0 Å². The first kappa shape index (κ1) is 12.1. The molecular formula is C5H7F3N2O2S. The topological polar surface area (TPSA) is 50.7 Å². The standard InChI is InChI=1S/C5H7F3N2O2S/c1-9-4(11)12-10-3(13-2)5(6,7)8/h1-2H3,(H,9,11)/b10-3+. The Morgan fingerprint density at radius 2 is 2.08 bits per heavy atom. The molecule has 76 valence electrons. The van der Waals surface area contributed by atoms with Crippen molar-refractivity contribution < 1.29 is 22.8 Å². The van der Waals surface area contributed by atoms with Gasteiger partial charge in [-0.1, -0.05) is 5.16 Å². The van der Waals surface area contributed by atoms with E-state index in [4.69, 9.17) is 0 Å². The molecule has 13 heavy (non-hydrogen) atoms. The lowest BCUT2D eigenvalue weighted by molar-refractivity contribution is -0.0574. The Morgan fingerprint density at radius 1 is 1.54 bits per heavy atom.